The van der Waals surface area contributed by atoms with Crippen molar-refractivity contribution in [2.75, 3.05) is 0 Å². The quantitative estimate of drug-likeness (QED) is 0.822. The molecule has 0 aliphatic rings. The Labute approximate surface area is 102 Å². The summed E-state index contributed by atoms with van der Waals surface area (Å²) >= 11 is 0. The molecule has 3 N–H and O–H groups in total. The highest BCUT2D eigenvalue weighted by atomic mass is 19.4. The molecule has 0 aliphatic heterocycles. The predicted octanol–water partition coefficient (Wildman–Crippen LogP) is 3.01. The van der Waals surface area contributed by atoms with Crippen LogP contribution in [0.25, 0.3) is 0 Å². The zero-order valence-corrected chi connectivity index (χ0v) is 9.84. The fourth-order valence-electron chi connectivity index (χ4n) is 1.71. The molecule has 0 spiro atoms. The molecule has 0 unspecified atom stereocenters. The number of hydrogen-bond acceptors (Lipinski definition) is 2. The maximum absolute atomic E-state index is 13.7. The van der Waals surface area contributed by atoms with Crippen LogP contribution >= 0.6 is 0 Å². The number of halogens is 4. The molecule has 6 heteroatoms. The third kappa shape index (κ3) is 3.20. The fraction of sp³-hybridized carbons (Fsp3) is 0.500. The SMILES string of the molecule is CCC[C@H](O)[C@H](N)c1cccc(C(F)(F)F)c1F. The predicted molar refractivity (Wildman–Crippen MR) is 59.2 cm³/mol. The summed E-state index contributed by atoms with van der Waals surface area (Å²) in [6, 6.07) is 1.73. The van der Waals surface area contributed by atoms with Crippen LogP contribution in [0, 0.1) is 5.82 Å². The Morgan fingerprint density at radius 1 is 1.33 bits per heavy atom. The minimum absolute atomic E-state index is 0.302. The van der Waals surface area contributed by atoms with Gasteiger partial charge in [0.15, 0.2) is 0 Å². The molecule has 0 heterocycles. The fourth-order valence-corrected chi connectivity index (χ4v) is 1.71. The summed E-state index contributed by atoms with van der Waals surface area (Å²) in [4.78, 5) is 0. The van der Waals surface area contributed by atoms with Gasteiger partial charge in [-0.05, 0) is 12.5 Å². The number of aliphatic hydroxyl groups is 1. The standard InChI is InChI=1S/C12H15F4NO/c1-2-4-9(18)11(17)7-5-3-6-8(10(7)13)12(14,15)16/h3,5-6,9,11,18H,2,4,17H2,1H3/t9-,11+/m0/s1. The first-order chi connectivity index (χ1) is 8.29. The Balaban J connectivity index is 3.11. The molecule has 102 valence electrons. The van der Waals surface area contributed by atoms with Crippen LogP contribution in [0.3, 0.4) is 0 Å². The van der Waals surface area contributed by atoms with E-state index in [9.17, 15) is 22.7 Å². The lowest BCUT2D eigenvalue weighted by molar-refractivity contribution is -0.140. The molecule has 1 aromatic rings. The summed E-state index contributed by atoms with van der Waals surface area (Å²) in [5.74, 6) is -1.41. The highest BCUT2D eigenvalue weighted by Crippen LogP contribution is 2.34. The van der Waals surface area contributed by atoms with Gasteiger partial charge in [-0.15, -0.1) is 0 Å². The van der Waals surface area contributed by atoms with Gasteiger partial charge in [0.25, 0.3) is 0 Å². The van der Waals surface area contributed by atoms with Crippen LogP contribution < -0.4 is 5.73 Å². The summed E-state index contributed by atoms with van der Waals surface area (Å²) in [5.41, 5.74) is 3.90. The number of hydrogen-bond donors (Lipinski definition) is 2. The van der Waals surface area contributed by atoms with E-state index >= 15 is 0 Å². The average molecular weight is 265 g/mol. The topological polar surface area (TPSA) is 46.2 Å². The molecule has 0 bridgehead atoms. The molecule has 0 amide bonds. The number of rotatable bonds is 4. The summed E-state index contributed by atoms with van der Waals surface area (Å²) in [6.07, 6.45) is -4.92. The van der Waals surface area contributed by atoms with Crippen molar-refractivity contribution < 1.29 is 22.7 Å². The van der Waals surface area contributed by atoms with Crippen LogP contribution in [0.5, 0.6) is 0 Å². The molecule has 18 heavy (non-hydrogen) atoms. The van der Waals surface area contributed by atoms with Gasteiger partial charge in [0.1, 0.15) is 5.82 Å². The van der Waals surface area contributed by atoms with Gasteiger partial charge in [-0.1, -0.05) is 25.5 Å². The van der Waals surface area contributed by atoms with Gasteiger partial charge in [-0.3, -0.25) is 0 Å². The first-order valence-corrected chi connectivity index (χ1v) is 5.58. The van der Waals surface area contributed by atoms with E-state index in [0.717, 1.165) is 12.1 Å². The minimum atomic E-state index is -4.77. The normalized spacial score (nSPS) is 15.5. The second-order valence-corrected chi connectivity index (χ2v) is 4.09. The van der Waals surface area contributed by atoms with E-state index in [0.29, 0.717) is 18.9 Å². The van der Waals surface area contributed by atoms with Crippen molar-refractivity contribution in [2.45, 2.75) is 38.1 Å². The van der Waals surface area contributed by atoms with Crippen molar-refractivity contribution in [2.24, 2.45) is 5.73 Å². The Bertz CT molecular complexity index is 406. The number of aliphatic hydroxyl groups excluding tert-OH is 1. The van der Waals surface area contributed by atoms with E-state index in [-0.39, 0.29) is 5.56 Å². The largest absolute Gasteiger partial charge is 0.419 e. The van der Waals surface area contributed by atoms with Crippen molar-refractivity contribution in [3.63, 3.8) is 0 Å². The van der Waals surface area contributed by atoms with Gasteiger partial charge in [-0.25, -0.2) is 4.39 Å². The van der Waals surface area contributed by atoms with E-state index in [4.69, 9.17) is 5.73 Å². The molecule has 0 aliphatic carbocycles. The van der Waals surface area contributed by atoms with Crippen LogP contribution in [0.2, 0.25) is 0 Å². The Morgan fingerprint density at radius 2 is 1.94 bits per heavy atom. The van der Waals surface area contributed by atoms with Gasteiger partial charge in [0.05, 0.1) is 17.7 Å². The third-order valence-electron chi connectivity index (χ3n) is 2.69. The number of benzene rings is 1. The number of alkyl halides is 3. The molecule has 0 radical (unpaired) electrons. The minimum Gasteiger partial charge on any atom is -0.391 e. The molecule has 1 rings (SSSR count). The number of nitrogens with two attached hydrogens (primary N) is 1. The monoisotopic (exact) mass is 265 g/mol. The first kappa shape index (κ1) is 14.9. The average Bonchev–Trinajstić information content (AvgIpc) is 2.27. The van der Waals surface area contributed by atoms with E-state index < -0.39 is 29.7 Å². The lowest BCUT2D eigenvalue weighted by Gasteiger charge is -2.20. The molecule has 0 aromatic heterocycles. The van der Waals surface area contributed by atoms with Gasteiger partial charge >= 0.3 is 6.18 Å². The van der Waals surface area contributed by atoms with Gasteiger partial charge < -0.3 is 10.8 Å². The first-order valence-electron chi connectivity index (χ1n) is 5.58. The molecular formula is C12H15F4NO. The van der Waals surface area contributed by atoms with Crippen LogP contribution in [0.4, 0.5) is 17.6 Å². The molecule has 1 aromatic carbocycles. The van der Waals surface area contributed by atoms with Crippen LogP contribution in [0.15, 0.2) is 18.2 Å². The van der Waals surface area contributed by atoms with Crippen LogP contribution in [0.1, 0.15) is 36.9 Å². The molecular weight excluding hydrogens is 250 g/mol. The Kier molecular flexibility index (Phi) is 4.70. The zero-order chi connectivity index (χ0) is 13.9. The van der Waals surface area contributed by atoms with E-state index in [2.05, 4.69) is 0 Å². The maximum Gasteiger partial charge on any atom is 0.419 e. The second-order valence-electron chi connectivity index (χ2n) is 4.09. The Morgan fingerprint density at radius 3 is 2.44 bits per heavy atom. The highest BCUT2D eigenvalue weighted by molar-refractivity contribution is 5.30. The molecule has 0 fully saturated rings. The maximum atomic E-state index is 13.7. The smallest absolute Gasteiger partial charge is 0.391 e. The van der Waals surface area contributed by atoms with E-state index in [1.165, 1.54) is 0 Å². The molecule has 2 nitrogen and oxygen atoms in total. The zero-order valence-electron chi connectivity index (χ0n) is 9.84. The molecule has 2 atom stereocenters. The van der Waals surface area contributed by atoms with Crippen molar-refractivity contribution in [1.82, 2.24) is 0 Å². The van der Waals surface area contributed by atoms with Crippen molar-refractivity contribution >= 4 is 0 Å². The Hall–Kier alpha value is -1.14. The second kappa shape index (κ2) is 5.67. The molecule has 0 saturated heterocycles. The van der Waals surface area contributed by atoms with Gasteiger partial charge in [0.2, 0.25) is 0 Å². The summed E-state index contributed by atoms with van der Waals surface area (Å²) in [6.45, 7) is 1.79. The van der Waals surface area contributed by atoms with Crippen molar-refractivity contribution in [1.29, 1.82) is 0 Å². The lowest BCUT2D eigenvalue weighted by Crippen LogP contribution is -2.27. The van der Waals surface area contributed by atoms with Gasteiger partial charge in [0, 0.05) is 5.56 Å². The van der Waals surface area contributed by atoms with Crippen molar-refractivity contribution in [3.8, 4) is 0 Å². The lowest BCUT2D eigenvalue weighted by atomic mass is 9.96. The summed E-state index contributed by atoms with van der Waals surface area (Å²) < 4.78 is 51.2. The highest BCUT2D eigenvalue weighted by Gasteiger charge is 2.36. The van der Waals surface area contributed by atoms with Crippen LogP contribution in [-0.2, 0) is 6.18 Å². The van der Waals surface area contributed by atoms with Gasteiger partial charge in [-0.2, -0.15) is 13.2 Å². The van der Waals surface area contributed by atoms with Crippen LogP contribution in [-0.4, -0.2) is 11.2 Å². The third-order valence-corrected chi connectivity index (χ3v) is 2.69. The molecule has 0 saturated carbocycles. The summed E-state index contributed by atoms with van der Waals surface area (Å²) in [7, 11) is 0. The summed E-state index contributed by atoms with van der Waals surface area (Å²) in [5, 5.41) is 9.62. The van der Waals surface area contributed by atoms with Crippen molar-refractivity contribution in [3.05, 3.63) is 35.1 Å². The van der Waals surface area contributed by atoms with E-state index in [1.807, 2.05) is 0 Å². The van der Waals surface area contributed by atoms with E-state index in [1.54, 1.807) is 6.92 Å².